The van der Waals surface area contributed by atoms with Crippen molar-refractivity contribution in [3.63, 3.8) is 0 Å². The standard InChI is InChI=1S/C10H14O2/c11-7-4-2-1-3-5-10-6-8-12-9-10/h6-9H,1-5H2. The molecule has 66 valence electrons. The van der Waals surface area contributed by atoms with E-state index >= 15 is 0 Å². The topological polar surface area (TPSA) is 30.2 Å². The first kappa shape index (κ1) is 9.04. The fourth-order valence-electron chi connectivity index (χ4n) is 1.17. The van der Waals surface area contributed by atoms with Gasteiger partial charge in [-0.25, -0.2) is 0 Å². The van der Waals surface area contributed by atoms with Gasteiger partial charge in [0, 0.05) is 6.42 Å². The minimum absolute atomic E-state index is 0.700. The summed E-state index contributed by atoms with van der Waals surface area (Å²) >= 11 is 0. The molecule has 2 heteroatoms. The zero-order chi connectivity index (χ0) is 8.65. The van der Waals surface area contributed by atoms with Gasteiger partial charge in [0.1, 0.15) is 6.29 Å². The van der Waals surface area contributed by atoms with Crippen LogP contribution in [-0.4, -0.2) is 6.29 Å². The summed E-state index contributed by atoms with van der Waals surface area (Å²) in [6.07, 6.45) is 9.51. The van der Waals surface area contributed by atoms with Gasteiger partial charge in [-0.05, 0) is 30.9 Å². The van der Waals surface area contributed by atoms with E-state index in [9.17, 15) is 4.79 Å². The Balaban J connectivity index is 2.00. The second-order valence-electron chi connectivity index (χ2n) is 2.90. The summed E-state index contributed by atoms with van der Waals surface area (Å²) in [7, 11) is 0. The van der Waals surface area contributed by atoms with Crippen molar-refractivity contribution in [1.29, 1.82) is 0 Å². The molecule has 0 atom stereocenters. The summed E-state index contributed by atoms with van der Waals surface area (Å²) in [5.41, 5.74) is 1.25. The number of hydrogen-bond acceptors (Lipinski definition) is 2. The Morgan fingerprint density at radius 2 is 2.25 bits per heavy atom. The van der Waals surface area contributed by atoms with E-state index in [0.29, 0.717) is 6.42 Å². The van der Waals surface area contributed by atoms with E-state index in [1.54, 1.807) is 12.5 Å². The van der Waals surface area contributed by atoms with Crippen molar-refractivity contribution in [1.82, 2.24) is 0 Å². The second kappa shape index (κ2) is 5.58. The molecule has 0 bridgehead atoms. The number of aryl methyl sites for hydroxylation is 1. The van der Waals surface area contributed by atoms with Gasteiger partial charge in [0.15, 0.2) is 0 Å². The number of unbranched alkanes of at least 4 members (excludes halogenated alkanes) is 3. The van der Waals surface area contributed by atoms with Crippen LogP contribution >= 0.6 is 0 Å². The van der Waals surface area contributed by atoms with Crippen molar-refractivity contribution < 1.29 is 9.21 Å². The third-order valence-corrected chi connectivity index (χ3v) is 1.87. The van der Waals surface area contributed by atoms with Gasteiger partial charge in [0.2, 0.25) is 0 Å². The van der Waals surface area contributed by atoms with Crippen molar-refractivity contribution in [3.05, 3.63) is 24.2 Å². The van der Waals surface area contributed by atoms with Crippen molar-refractivity contribution in [2.45, 2.75) is 32.1 Å². The highest BCUT2D eigenvalue weighted by atomic mass is 16.3. The molecule has 1 rings (SSSR count). The quantitative estimate of drug-likeness (QED) is 0.480. The monoisotopic (exact) mass is 166 g/mol. The molecule has 2 nitrogen and oxygen atoms in total. The number of rotatable bonds is 6. The van der Waals surface area contributed by atoms with Crippen LogP contribution in [0.25, 0.3) is 0 Å². The molecule has 1 aromatic rings. The Morgan fingerprint density at radius 3 is 2.92 bits per heavy atom. The van der Waals surface area contributed by atoms with Crippen LogP contribution < -0.4 is 0 Å². The predicted molar refractivity (Wildman–Crippen MR) is 46.9 cm³/mol. The van der Waals surface area contributed by atoms with Crippen LogP contribution in [0.15, 0.2) is 23.0 Å². The van der Waals surface area contributed by atoms with Gasteiger partial charge in [0.05, 0.1) is 12.5 Å². The fraction of sp³-hybridized carbons (Fsp3) is 0.500. The molecule has 0 unspecified atom stereocenters. The first-order valence-electron chi connectivity index (χ1n) is 4.38. The highest BCUT2D eigenvalue weighted by Gasteiger charge is 1.93. The number of furan rings is 1. The Labute approximate surface area is 72.6 Å². The van der Waals surface area contributed by atoms with Gasteiger partial charge >= 0.3 is 0 Å². The van der Waals surface area contributed by atoms with Crippen LogP contribution in [-0.2, 0) is 11.2 Å². The molecule has 1 heterocycles. The molecule has 1 aromatic heterocycles. The lowest BCUT2D eigenvalue weighted by atomic mass is 10.1. The summed E-state index contributed by atoms with van der Waals surface area (Å²) < 4.78 is 4.94. The predicted octanol–water partition coefficient (Wildman–Crippen LogP) is 2.58. The third-order valence-electron chi connectivity index (χ3n) is 1.87. The highest BCUT2D eigenvalue weighted by Crippen LogP contribution is 2.07. The van der Waals surface area contributed by atoms with E-state index in [2.05, 4.69) is 0 Å². The molecule has 0 amide bonds. The smallest absolute Gasteiger partial charge is 0.119 e. The lowest BCUT2D eigenvalue weighted by molar-refractivity contribution is -0.107. The van der Waals surface area contributed by atoms with Crippen molar-refractivity contribution in [2.24, 2.45) is 0 Å². The van der Waals surface area contributed by atoms with Crippen molar-refractivity contribution in [2.75, 3.05) is 0 Å². The maximum Gasteiger partial charge on any atom is 0.119 e. The molecular formula is C10H14O2. The Bertz CT molecular complexity index is 202. The molecule has 0 aromatic carbocycles. The number of hydrogen-bond donors (Lipinski definition) is 0. The minimum Gasteiger partial charge on any atom is -0.472 e. The SMILES string of the molecule is O=CCCCCCc1ccoc1. The van der Waals surface area contributed by atoms with E-state index in [-0.39, 0.29) is 0 Å². The average molecular weight is 166 g/mol. The Hall–Kier alpha value is -1.05. The molecule has 0 aliphatic carbocycles. The normalized spacial score (nSPS) is 10.0. The largest absolute Gasteiger partial charge is 0.472 e. The first-order valence-corrected chi connectivity index (χ1v) is 4.38. The van der Waals surface area contributed by atoms with Gasteiger partial charge in [-0.1, -0.05) is 6.42 Å². The summed E-state index contributed by atoms with van der Waals surface area (Å²) in [6.45, 7) is 0. The zero-order valence-corrected chi connectivity index (χ0v) is 7.16. The second-order valence-corrected chi connectivity index (χ2v) is 2.90. The van der Waals surface area contributed by atoms with E-state index < -0.39 is 0 Å². The van der Waals surface area contributed by atoms with Crippen LogP contribution in [0, 0.1) is 0 Å². The maximum atomic E-state index is 9.98. The van der Waals surface area contributed by atoms with Crippen LogP contribution in [0.3, 0.4) is 0 Å². The van der Waals surface area contributed by atoms with Crippen LogP contribution in [0.1, 0.15) is 31.2 Å². The van der Waals surface area contributed by atoms with Gasteiger partial charge < -0.3 is 9.21 Å². The van der Waals surface area contributed by atoms with Crippen LogP contribution in [0.4, 0.5) is 0 Å². The molecule has 0 saturated carbocycles. The van der Waals surface area contributed by atoms with Crippen LogP contribution in [0.5, 0.6) is 0 Å². The molecule has 0 spiro atoms. The van der Waals surface area contributed by atoms with Crippen molar-refractivity contribution in [3.8, 4) is 0 Å². The molecule has 0 aliphatic rings. The third kappa shape index (κ3) is 3.37. The summed E-state index contributed by atoms with van der Waals surface area (Å²) in [4.78, 5) is 9.98. The van der Waals surface area contributed by atoms with Gasteiger partial charge in [0.25, 0.3) is 0 Å². The number of carbonyl (C=O) groups is 1. The molecule has 0 radical (unpaired) electrons. The maximum absolute atomic E-state index is 9.98. The molecule has 0 N–H and O–H groups in total. The van der Waals surface area contributed by atoms with Gasteiger partial charge in [-0.15, -0.1) is 0 Å². The molecule has 0 fully saturated rings. The number of carbonyl (C=O) groups excluding carboxylic acids is 1. The average Bonchev–Trinajstić information content (AvgIpc) is 2.57. The highest BCUT2D eigenvalue weighted by molar-refractivity contribution is 5.48. The van der Waals surface area contributed by atoms with E-state index in [4.69, 9.17) is 4.42 Å². The Morgan fingerprint density at radius 1 is 1.33 bits per heavy atom. The van der Waals surface area contributed by atoms with E-state index in [0.717, 1.165) is 32.0 Å². The molecular weight excluding hydrogens is 152 g/mol. The minimum atomic E-state index is 0.700. The fourth-order valence-corrected chi connectivity index (χ4v) is 1.17. The molecule has 0 saturated heterocycles. The van der Waals surface area contributed by atoms with E-state index in [1.165, 1.54) is 5.56 Å². The van der Waals surface area contributed by atoms with Gasteiger partial charge in [-0.3, -0.25) is 0 Å². The number of aldehydes is 1. The first-order chi connectivity index (χ1) is 5.93. The van der Waals surface area contributed by atoms with Crippen LogP contribution in [0.2, 0.25) is 0 Å². The zero-order valence-electron chi connectivity index (χ0n) is 7.16. The van der Waals surface area contributed by atoms with Gasteiger partial charge in [-0.2, -0.15) is 0 Å². The summed E-state index contributed by atoms with van der Waals surface area (Å²) in [5, 5.41) is 0. The molecule has 12 heavy (non-hydrogen) atoms. The summed E-state index contributed by atoms with van der Waals surface area (Å²) in [5.74, 6) is 0. The lowest BCUT2D eigenvalue weighted by Gasteiger charge is -1.95. The Kier molecular flexibility index (Phi) is 4.21. The lowest BCUT2D eigenvalue weighted by Crippen LogP contribution is -1.83. The molecule has 0 aliphatic heterocycles. The van der Waals surface area contributed by atoms with E-state index in [1.807, 2.05) is 6.07 Å². The van der Waals surface area contributed by atoms with Crippen molar-refractivity contribution >= 4 is 6.29 Å². The summed E-state index contributed by atoms with van der Waals surface area (Å²) in [6, 6.07) is 1.99.